The zero-order valence-electron chi connectivity index (χ0n) is 17.9. The first-order valence-electron chi connectivity index (χ1n) is 10.9. The normalized spacial score (nSPS) is 19.2. The highest BCUT2D eigenvalue weighted by atomic mass is 32.2. The number of piperidine rings is 1. The van der Waals surface area contributed by atoms with Gasteiger partial charge < -0.3 is 19.6 Å². The van der Waals surface area contributed by atoms with Crippen molar-refractivity contribution >= 4 is 17.7 Å². The maximum Gasteiger partial charge on any atom is 0.258 e. The summed E-state index contributed by atoms with van der Waals surface area (Å²) in [7, 11) is 0. The summed E-state index contributed by atoms with van der Waals surface area (Å²) in [6.45, 7) is 1.82. The van der Waals surface area contributed by atoms with Gasteiger partial charge in [-0.05, 0) is 24.0 Å². The van der Waals surface area contributed by atoms with Crippen LogP contribution >= 0.6 is 11.8 Å². The molecule has 33 heavy (non-hydrogen) atoms. The zero-order chi connectivity index (χ0) is 22.9. The Bertz CT molecular complexity index is 1300. The molecule has 4 heterocycles. The van der Waals surface area contributed by atoms with Crippen LogP contribution < -0.4 is 11.1 Å². The standard InChI is InChI=1S/C24H24N4O4S/c29-20-8-4-7-19-17-9-16(12-28(19)20)11-27(13-17)21(30)14-33-24-25-22(31)18(23(32)26-24)10-15-5-2-1-3-6-15/h1-8,16-17H,9-14H2,(H2,25,26,31,32)/t16-,17-/m0/s1. The first kappa shape index (κ1) is 21.5. The number of nitrogens with zero attached hydrogens (tertiary/aromatic N) is 3. The predicted octanol–water partition coefficient (Wildman–Crippen LogP) is 1.97. The van der Waals surface area contributed by atoms with Crippen LogP contribution in [0.3, 0.4) is 0 Å². The van der Waals surface area contributed by atoms with Gasteiger partial charge in [-0.1, -0.05) is 48.2 Å². The van der Waals surface area contributed by atoms with E-state index in [1.165, 1.54) is 0 Å². The minimum atomic E-state index is -0.407. The van der Waals surface area contributed by atoms with Crippen LogP contribution in [-0.4, -0.2) is 49.3 Å². The number of hydrogen-bond donors (Lipinski definition) is 2. The smallest absolute Gasteiger partial charge is 0.258 e. The average molecular weight is 465 g/mol. The summed E-state index contributed by atoms with van der Waals surface area (Å²) in [5.74, 6) is 0.162. The Balaban J connectivity index is 1.24. The Labute approximate surface area is 194 Å². The Morgan fingerprint density at radius 3 is 2.70 bits per heavy atom. The summed E-state index contributed by atoms with van der Waals surface area (Å²) in [5.41, 5.74) is 1.71. The van der Waals surface area contributed by atoms with Crippen LogP contribution in [0.2, 0.25) is 0 Å². The third-order valence-corrected chi connectivity index (χ3v) is 7.22. The zero-order valence-corrected chi connectivity index (χ0v) is 18.8. The fourth-order valence-electron chi connectivity index (χ4n) is 4.81. The third kappa shape index (κ3) is 4.45. The molecule has 2 atom stereocenters. The highest BCUT2D eigenvalue weighted by Gasteiger charge is 2.36. The van der Waals surface area contributed by atoms with Crippen molar-refractivity contribution in [1.29, 1.82) is 0 Å². The molecule has 1 fully saturated rings. The summed E-state index contributed by atoms with van der Waals surface area (Å²) in [5, 5.41) is 10.5. The van der Waals surface area contributed by atoms with Gasteiger partial charge >= 0.3 is 0 Å². The van der Waals surface area contributed by atoms with Gasteiger partial charge in [0.05, 0.1) is 11.3 Å². The average Bonchev–Trinajstić information content (AvgIpc) is 2.81. The van der Waals surface area contributed by atoms with E-state index in [-0.39, 0.29) is 52.1 Å². The van der Waals surface area contributed by atoms with E-state index in [1.54, 1.807) is 12.1 Å². The molecule has 0 spiro atoms. The number of amides is 1. The molecule has 9 heteroatoms. The highest BCUT2D eigenvalue weighted by Crippen LogP contribution is 2.35. The number of rotatable bonds is 5. The molecule has 0 radical (unpaired) electrons. The van der Waals surface area contributed by atoms with Crippen LogP contribution in [0.25, 0.3) is 0 Å². The van der Waals surface area contributed by atoms with E-state index in [1.807, 2.05) is 45.9 Å². The van der Waals surface area contributed by atoms with Crippen LogP contribution in [0, 0.1) is 5.92 Å². The lowest BCUT2D eigenvalue weighted by Crippen LogP contribution is -2.49. The number of aromatic nitrogens is 3. The molecule has 1 aromatic carbocycles. The van der Waals surface area contributed by atoms with Crippen LogP contribution in [-0.2, 0) is 17.8 Å². The molecule has 0 aliphatic carbocycles. The topological polar surface area (TPSA) is 108 Å². The fourth-order valence-corrected chi connectivity index (χ4v) is 5.57. The van der Waals surface area contributed by atoms with Gasteiger partial charge in [-0.25, -0.2) is 0 Å². The van der Waals surface area contributed by atoms with E-state index < -0.39 is 5.56 Å². The van der Waals surface area contributed by atoms with Gasteiger partial charge in [0.2, 0.25) is 11.8 Å². The lowest BCUT2D eigenvalue weighted by Gasteiger charge is -2.42. The number of carbonyl (C=O) groups is 1. The quantitative estimate of drug-likeness (QED) is 0.442. The number of pyridine rings is 1. The summed E-state index contributed by atoms with van der Waals surface area (Å²) in [6, 6.07) is 14.7. The molecule has 0 unspecified atom stereocenters. The summed E-state index contributed by atoms with van der Waals surface area (Å²) in [6.07, 6.45) is 1.26. The van der Waals surface area contributed by atoms with Crippen molar-refractivity contribution in [2.75, 3.05) is 18.8 Å². The predicted molar refractivity (Wildman–Crippen MR) is 125 cm³/mol. The van der Waals surface area contributed by atoms with Gasteiger partial charge in [-0.2, -0.15) is 4.98 Å². The van der Waals surface area contributed by atoms with Crippen molar-refractivity contribution in [1.82, 2.24) is 19.4 Å². The molecule has 0 saturated carbocycles. The number of hydrogen-bond acceptors (Lipinski definition) is 6. The third-order valence-electron chi connectivity index (χ3n) is 6.36. The Morgan fingerprint density at radius 2 is 1.91 bits per heavy atom. The molecule has 1 saturated heterocycles. The number of fused-ring (bicyclic) bond motifs is 4. The Morgan fingerprint density at radius 1 is 1.09 bits per heavy atom. The van der Waals surface area contributed by atoms with Gasteiger partial charge in [-0.15, -0.1) is 0 Å². The van der Waals surface area contributed by atoms with E-state index in [4.69, 9.17) is 0 Å². The van der Waals surface area contributed by atoms with E-state index >= 15 is 0 Å². The monoisotopic (exact) mass is 464 g/mol. The van der Waals surface area contributed by atoms with E-state index in [0.29, 0.717) is 19.6 Å². The highest BCUT2D eigenvalue weighted by molar-refractivity contribution is 7.99. The molecule has 2 aliphatic heterocycles. The second kappa shape index (κ2) is 8.90. The first-order chi connectivity index (χ1) is 16.0. The van der Waals surface area contributed by atoms with Crippen molar-refractivity contribution in [3.05, 3.63) is 86.1 Å². The van der Waals surface area contributed by atoms with Crippen molar-refractivity contribution in [2.24, 2.45) is 5.92 Å². The second-order valence-electron chi connectivity index (χ2n) is 8.62. The number of thioether (sulfide) groups is 1. The molecule has 2 N–H and O–H groups in total. The van der Waals surface area contributed by atoms with Gasteiger partial charge in [0.1, 0.15) is 0 Å². The van der Waals surface area contributed by atoms with Crippen LogP contribution in [0.4, 0.5) is 0 Å². The molecule has 2 aliphatic rings. The van der Waals surface area contributed by atoms with Crippen LogP contribution in [0.1, 0.15) is 29.2 Å². The molecule has 3 aromatic rings. The molecule has 2 bridgehead atoms. The lowest BCUT2D eigenvalue weighted by atomic mass is 9.83. The van der Waals surface area contributed by atoms with E-state index in [0.717, 1.165) is 29.4 Å². The van der Waals surface area contributed by atoms with Gasteiger partial charge in [-0.3, -0.25) is 14.4 Å². The summed E-state index contributed by atoms with van der Waals surface area (Å²) in [4.78, 5) is 46.2. The molecule has 170 valence electrons. The number of likely N-dealkylation sites (tertiary alicyclic amines) is 1. The fraction of sp³-hybridized carbons (Fsp3) is 0.333. The Kier molecular flexibility index (Phi) is 5.80. The van der Waals surface area contributed by atoms with Crippen LogP contribution in [0.15, 0.2) is 63.3 Å². The maximum absolute atomic E-state index is 12.9. The number of carbonyl (C=O) groups excluding carboxylic acids is 1. The van der Waals surface area contributed by atoms with Crippen molar-refractivity contribution in [3.63, 3.8) is 0 Å². The minimum Gasteiger partial charge on any atom is -0.493 e. The van der Waals surface area contributed by atoms with E-state index in [9.17, 15) is 19.5 Å². The number of benzene rings is 1. The summed E-state index contributed by atoms with van der Waals surface area (Å²) >= 11 is 1.11. The van der Waals surface area contributed by atoms with Crippen LogP contribution in [0.5, 0.6) is 5.88 Å². The van der Waals surface area contributed by atoms with Gasteiger partial charge in [0, 0.05) is 43.7 Å². The molecule has 8 nitrogen and oxygen atoms in total. The van der Waals surface area contributed by atoms with Crippen molar-refractivity contribution < 1.29 is 9.90 Å². The largest absolute Gasteiger partial charge is 0.493 e. The number of H-pyrrole nitrogens is 1. The SMILES string of the molecule is O=C(CSc1nc(O)c(Cc2ccccc2)c(=O)[nH]1)N1C[C@@H]2C[C@@H](C1)c1cccc(=O)n1C2. The van der Waals surface area contributed by atoms with Crippen molar-refractivity contribution in [2.45, 2.75) is 30.5 Å². The van der Waals surface area contributed by atoms with Gasteiger partial charge in [0.25, 0.3) is 11.1 Å². The molecule has 1 amide bonds. The maximum atomic E-state index is 12.9. The molecular formula is C24H24N4O4S. The lowest BCUT2D eigenvalue weighted by molar-refractivity contribution is -0.131. The molecule has 5 rings (SSSR count). The van der Waals surface area contributed by atoms with E-state index in [2.05, 4.69) is 9.97 Å². The van der Waals surface area contributed by atoms with Crippen molar-refractivity contribution in [3.8, 4) is 5.88 Å². The Hall–Kier alpha value is -3.33. The van der Waals surface area contributed by atoms with Gasteiger partial charge in [0.15, 0.2) is 5.16 Å². The number of nitrogens with one attached hydrogen (secondary N) is 1. The molecular weight excluding hydrogens is 440 g/mol. The second-order valence-corrected chi connectivity index (χ2v) is 9.59. The number of aromatic hydroxyl groups is 1. The molecule has 2 aromatic heterocycles. The first-order valence-corrected chi connectivity index (χ1v) is 11.9. The minimum absolute atomic E-state index is 0.0167. The number of aromatic amines is 1. The summed E-state index contributed by atoms with van der Waals surface area (Å²) < 4.78 is 1.84.